The zero-order valence-corrected chi connectivity index (χ0v) is 11.2. The maximum Gasteiger partial charge on any atom is 0.0673 e. The number of nitrogens with zero attached hydrogens (tertiary/aromatic N) is 3. The number of aryl methyl sites for hydroxylation is 1. The fourth-order valence-electron chi connectivity index (χ4n) is 2.25. The highest BCUT2D eigenvalue weighted by molar-refractivity contribution is 5.12. The molecule has 5 heteroatoms. The molecule has 0 radical (unpaired) electrons. The van der Waals surface area contributed by atoms with Crippen LogP contribution in [0.25, 0.3) is 0 Å². The smallest absolute Gasteiger partial charge is 0.0673 e. The Morgan fingerprint density at radius 1 is 1.56 bits per heavy atom. The lowest BCUT2D eigenvalue weighted by atomic mass is 10.1. The molecule has 0 saturated carbocycles. The molecular weight excluding hydrogens is 228 g/mol. The van der Waals surface area contributed by atoms with Crippen LogP contribution in [0.15, 0.2) is 24.0 Å². The van der Waals surface area contributed by atoms with Gasteiger partial charge in [0, 0.05) is 51.6 Å². The molecule has 18 heavy (non-hydrogen) atoms. The second-order valence-corrected chi connectivity index (χ2v) is 4.86. The fourth-order valence-corrected chi connectivity index (χ4v) is 2.25. The molecule has 2 heterocycles. The van der Waals surface area contributed by atoms with Crippen molar-refractivity contribution < 1.29 is 4.74 Å². The third-order valence-corrected chi connectivity index (χ3v) is 3.32. The largest absolute Gasteiger partial charge is 0.380 e. The molecule has 0 fully saturated rings. The van der Waals surface area contributed by atoms with Crippen LogP contribution in [0.1, 0.15) is 18.0 Å². The zero-order valence-electron chi connectivity index (χ0n) is 11.2. The topological polar surface area (TPSA) is 56.3 Å². The first-order chi connectivity index (χ1) is 8.69. The van der Waals surface area contributed by atoms with Crippen LogP contribution in [0.5, 0.6) is 0 Å². The van der Waals surface area contributed by atoms with Crippen molar-refractivity contribution in [1.29, 1.82) is 0 Å². The van der Waals surface area contributed by atoms with Crippen molar-refractivity contribution in [1.82, 2.24) is 14.7 Å². The Labute approximate surface area is 108 Å². The molecular formula is C13H22N4O. The van der Waals surface area contributed by atoms with E-state index in [2.05, 4.69) is 16.1 Å². The molecule has 2 rings (SSSR count). The summed E-state index contributed by atoms with van der Waals surface area (Å²) in [7, 11) is 3.66. The van der Waals surface area contributed by atoms with Crippen LogP contribution < -0.4 is 5.73 Å². The number of hydrogen-bond acceptors (Lipinski definition) is 4. The van der Waals surface area contributed by atoms with E-state index >= 15 is 0 Å². The van der Waals surface area contributed by atoms with E-state index in [1.165, 1.54) is 5.57 Å². The van der Waals surface area contributed by atoms with Crippen LogP contribution in [0.3, 0.4) is 0 Å². The van der Waals surface area contributed by atoms with Gasteiger partial charge < -0.3 is 10.5 Å². The number of methoxy groups -OCH3 is 1. The van der Waals surface area contributed by atoms with Gasteiger partial charge in [-0.25, -0.2) is 0 Å². The minimum absolute atomic E-state index is 0.0380. The predicted molar refractivity (Wildman–Crippen MR) is 71.2 cm³/mol. The van der Waals surface area contributed by atoms with Crippen LogP contribution in [0.2, 0.25) is 0 Å². The van der Waals surface area contributed by atoms with Gasteiger partial charge in [0.15, 0.2) is 0 Å². The maximum atomic E-state index is 6.19. The van der Waals surface area contributed by atoms with E-state index in [0.29, 0.717) is 0 Å². The van der Waals surface area contributed by atoms with Gasteiger partial charge in [-0.05, 0) is 12.0 Å². The fraction of sp³-hybridized carbons (Fsp3) is 0.615. The van der Waals surface area contributed by atoms with Gasteiger partial charge in [0.2, 0.25) is 0 Å². The molecule has 1 aliphatic heterocycles. The summed E-state index contributed by atoms with van der Waals surface area (Å²) in [6, 6.07) is 0.0380. The van der Waals surface area contributed by atoms with Crippen LogP contribution in [0.4, 0.5) is 0 Å². The summed E-state index contributed by atoms with van der Waals surface area (Å²) < 4.78 is 6.94. The number of hydrogen-bond donors (Lipinski definition) is 1. The molecule has 0 aromatic carbocycles. The standard InChI is InChI=1S/C13H22N4O/c1-16-8-12(7-15-16)13(14)9-17-5-3-11(4-6-17)10-18-2/h3,7-8,13H,4-6,9-10,14H2,1-2H3. The molecule has 0 aliphatic carbocycles. The van der Waals surface area contributed by atoms with E-state index in [-0.39, 0.29) is 6.04 Å². The molecule has 0 amide bonds. The van der Waals surface area contributed by atoms with Crippen molar-refractivity contribution in [2.24, 2.45) is 12.8 Å². The molecule has 1 atom stereocenters. The molecule has 1 unspecified atom stereocenters. The lowest BCUT2D eigenvalue weighted by Crippen LogP contribution is -2.35. The highest BCUT2D eigenvalue weighted by atomic mass is 16.5. The van der Waals surface area contributed by atoms with Crippen molar-refractivity contribution in [2.75, 3.05) is 33.4 Å². The van der Waals surface area contributed by atoms with E-state index in [1.807, 2.05) is 19.4 Å². The highest BCUT2D eigenvalue weighted by Crippen LogP contribution is 2.15. The molecule has 5 nitrogen and oxygen atoms in total. The van der Waals surface area contributed by atoms with Crippen LogP contribution >= 0.6 is 0 Å². The van der Waals surface area contributed by atoms with Gasteiger partial charge in [-0.3, -0.25) is 9.58 Å². The maximum absolute atomic E-state index is 6.19. The first-order valence-corrected chi connectivity index (χ1v) is 6.32. The highest BCUT2D eigenvalue weighted by Gasteiger charge is 2.16. The van der Waals surface area contributed by atoms with Gasteiger partial charge in [0.1, 0.15) is 0 Å². The number of aromatic nitrogens is 2. The first-order valence-electron chi connectivity index (χ1n) is 6.32. The Bertz CT molecular complexity index is 413. The molecule has 2 N–H and O–H groups in total. The molecule has 0 saturated heterocycles. The zero-order chi connectivity index (χ0) is 13.0. The molecule has 100 valence electrons. The monoisotopic (exact) mass is 250 g/mol. The Balaban J connectivity index is 1.84. The van der Waals surface area contributed by atoms with Crippen molar-refractivity contribution in [3.63, 3.8) is 0 Å². The summed E-state index contributed by atoms with van der Waals surface area (Å²) in [4.78, 5) is 2.37. The normalized spacial score (nSPS) is 18.7. The van der Waals surface area contributed by atoms with E-state index in [1.54, 1.807) is 11.8 Å². The van der Waals surface area contributed by atoms with Gasteiger partial charge in [0.25, 0.3) is 0 Å². The van der Waals surface area contributed by atoms with Gasteiger partial charge in [-0.2, -0.15) is 5.10 Å². The third kappa shape index (κ3) is 3.41. The molecule has 1 aliphatic rings. The summed E-state index contributed by atoms with van der Waals surface area (Å²) in [5, 5.41) is 4.16. The summed E-state index contributed by atoms with van der Waals surface area (Å²) in [5.41, 5.74) is 8.69. The van der Waals surface area contributed by atoms with Crippen LogP contribution in [-0.2, 0) is 11.8 Å². The summed E-state index contributed by atoms with van der Waals surface area (Å²) in [5.74, 6) is 0. The lowest BCUT2D eigenvalue weighted by molar-refractivity contribution is 0.209. The van der Waals surface area contributed by atoms with Gasteiger partial charge in [0.05, 0.1) is 12.8 Å². The van der Waals surface area contributed by atoms with Crippen LogP contribution in [-0.4, -0.2) is 48.0 Å². The minimum Gasteiger partial charge on any atom is -0.380 e. The molecule has 1 aromatic heterocycles. The average Bonchev–Trinajstić information content (AvgIpc) is 2.79. The van der Waals surface area contributed by atoms with E-state index in [9.17, 15) is 0 Å². The summed E-state index contributed by atoms with van der Waals surface area (Å²) in [6.45, 7) is 3.65. The Kier molecular flexibility index (Phi) is 4.52. The van der Waals surface area contributed by atoms with Crippen molar-refractivity contribution in [3.8, 4) is 0 Å². The third-order valence-electron chi connectivity index (χ3n) is 3.32. The number of ether oxygens (including phenoxy) is 1. The molecule has 0 bridgehead atoms. The van der Waals surface area contributed by atoms with Crippen molar-refractivity contribution in [3.05, 3.63) is 29.6 Å². The van der Waals surface area contributed by atoms with Crippen LogP contribution in [0, 0.1) is 0 Å². The molecule has 0 spiro atoms. The first kappa shape index (κ1) is 13.3. The van der Waals surface area contributed by atoms with E-state index in [4.69, 9.17) is 10.5 Å². The van der Waals surface area contributed by atoms with Crippen molar-refractivity contribution >= 4 is 0 Å². The van der Waals surface area contributed by atoms with E-state index in [0.717, 1.165) is 38.2 Å². The minimum atomic E-state index is 0.0380. The quantitative estimate of drug-likeness (QED) is 0.782. The number of nitrogens with two attached hydrogens (primary N) is 1. The molecule has 1 aromatic rings. The van der Waals surface area contributed by atoms with Gasteiger partial charge in [-0.15, -0.1) is 0 Å². The SMILES string of the molecule is COCC1=CCN(CC(N)c2cnn(C)c2)CC1. The Hall–Kier alpha value is -1.17. The second kappa shape index (κ2) is 6.13. The summed E-state index contributed by atoms with van der Waals surface area (Å²) in [6.07, 6.45) is 7.16. The lowest BCUT2D eigenvalue weighted by Gasteiger charge is -2.28. The summed E-state index contributed by atoms with van der Waals surface area (Å²) >= 11 is 0. The average molecular weight is 250 g/mol. The van der Waals surface area contributed by atoms with Gasteiger partial charge >= 0.3 is 0 Å². The Morgan fingerprint density at radius 2 is 2.39 bits per heavy atom. The number of rotatable bonds is 5. The predicted octanol–water partition coefficient (Wildman–Crippen LogP) is 0.698. The Morgan fingerprint density at radius 3 is 2.94 bits per heavy atom. The van der Waals surface area contributed by atoms with Crippen molar-refractivity contribution in [2.45, 2.75) is 12.5 Å². The van der Waals surface area contributed by atoms with Gasteiger partial charge in [-0.1, -0.05) is 6.08 Å². The second-order valence-electron chi connectivity index (χ2n) is 4.86. The van der Waals surface area contributed by atoms with E-state index < -0.39 is 0 Å².